The largest absolute Gasteiger partial charge is 0.508 e. The van der Waals surface area contributed by atoms with Crippen LogP contribution in [0.2, 0.25) is 5.02 Å². The van der Waals surface area contributed by atoms with Crippen LogP contribution in [0.5, 0.6) is 17.2 Å². The van der Waals surface area contributed by atoms with Crippen molar-refractivity contribution in [1.82, 2.24) is 4.90 Å². The third-order valence-corrected chi connectivity index (χ3v) is 6.91. The summed E-state index contributed by atoms with van der Waals surface area (Å²) in [5.74, 6) is 1.11. The van der Waals surface area contributed by atoms with Crippen molar-refractivity contribution in [1.29, 1.82) is 0 Å². The van der Waals surface area contributed by atoms with Gasteiger partial charge in [-0.3, -0.25) is 9.29 Å². The average molecular weight is 498 g/mol. The summed E-state index contributed by atoms with van der Waals surface area (Å²) in [6.45, 7) is 4.60. The first kappa shape index (κ1) is 23.6. The van der Waals surface area contributed by atoms with Crippen LogP contribution in [-0.2, 0) is 0 Å². The van der Waals surface area contributed by atoms with Gasteiger partial charge in [-0.25, -0.2) is 4.39 Å². The Morgan fingerprint density at radius 1 is 1.09 bits per heavy atom. The Morgan fingerprint density at radius 2 is 1.86 bits per heavy atom. The maximum Gasteiger partial charge on any atom is 0.150 e. The number of hydrogen-bond acceptors (Lipinski definition) is 4. The number of aromatic hydroxyl groups is 1. The number of phenols is 1. The van der Waals surface area contributed by atoms with Crippen LogP contribution in [0.3, 0.4) is 0 Å². The Labute approximate surface area is 208 Å². The van der Waals surface area contributed by atoms with Crippen LogP contribution in [-0.4, -0.2) is 42.9 Å². The SMILES string of the molecule is CC1=C(c2ccc(F)c(Cl)c2)C(c2ccc(OCCN3CC(CF)C3)cc2)Oc2cc(O)ccc21. The zero-order valence-electron chi connectivity index (χ0n) is 19.3. The van der Waals surface area contributed by atoms with E-state index in [2.05, 4.69) is 4.90 Å². The Morgan fingerprint density at radius 3 is 2.57 bits per heavy atom. The molecule has 182 valence electrons. The van der Waals surface area contributed by atoms with E-state index in [1.807, 2.05) is 37.3 Å². The van der Waals surface area contributed by atoms with Crippen molar-refractivity contribution in [3.05, 3.63) is 88.2 Å². The van der Waals surface area contributed by atoms with Gasteiger partial charge in [-0.15, -0.1) is 0 Å². The van der Waals surface area contributed by atoms with Crippen molar-refractivity contribution in [2.75, 3.05) is 32.9 Å². The first-order valence-electron chi connectivity index (χ1n) is 11.6. The topological polar surface area (TPSA) is 41.9 Å². The molecule has 1 atom stereocenters. The first-order chi connectivity index (χ1) is 16.9. The van der Waals surface area contributed by atoms with Gasteiger partial charge in [0.2, 0.25) is 0 Å². The molecule has 1 N–H and O–H groups in total. The third-order valence-electron chi connectivity index (χ3n) is 6.62. The van der Waals surface area contributed by atoms with Gasteiger partial charge in [0.1, 0.15) is 35.8 Å². The van der Waals surface area contributed by atoms with E-state index in [9.17, 15) is 13.9 Å². The summed E-state index contributed by atoms with van der Waals surface area (Å²) in [7, 11) is 0. The minimum Gasteiger partial charge on any atom is -0.508 e. The highest BCUT2D eigenvalue weighted by Crippen LogP contribution is 2.47. The number of alkyl halides is 1. The summed E-state index contributed by atoms with van der Waals surface area (Å²) in [5.41, 5.74) is 4.34. The molecule has 35 heavy (non-hydrogen) atoms. The fourth-order valence-corrected chi connectivity index (χ4v) is 4.88. The zero-order chi connectivity index (χ0) is 24.5. The first-order valence-corrected chi connectivity index (χ1v) is 12.0. The average Bonchev–Trinajstić information content (AvgIpc) is 2.82. The molecule has 0 bridgehead atoms. The lowest BCUT2D eigenvalue weighted by Crippen LogP contribution is -2.49. The quantitative estimate of drug-likeness (QED) is 0.403. The fourth-order valence-electron chi connectivity index (χ4n) is 4.70. The van der Waals surface area contributed by atoms with Crippen molar-refractivity contribution in [2.45, 2.75) is 13.0 Å². The second-order valence-corrected chi connectivity index (χ2v) is 9.45. The normalized spacial score (nSPS) is 18.1. The summed E-state index contributed by atoms with van der Waals surface area (Å²) in [4.78, 5) is 2.18. The molecule has 3 aromatic rings. The summed E-state index contributed by atoms with van der Waals surface area (Å²) >= 11 is 6.11. The van der Waals surface area contributed by atoms with Crippen LogP contribution < -0.4 is 9.47 Å². The predicted molar refractivity (Wildman–Crippen MR) is 133 cm³/mol. The van der Waals surface area contributed by atoms with E-state index in [0.29, 0.717) is 12.4 Å². The summed E-state index contributed by atoms with van der Waals surface area (Å²) in [5, 5.41) is 10.0. The molecular weight excluding hydrogens is 472 g/mol. The Hall–Kier alpha value is -3.09. The van der Waals surface area contributed by atoms with Gasteiger partial charge in [0.15, 0.2) is 0 Å². The molecular formula is C28H26ClF2NO3. The second-order valence-electron chi connectivity index (χ2n) is 9.04. The van der Waals surface area contributed by atoms with E-state index in [1.165, 1.54) is 6.07 Å². The molecule has 0 saturated carbocycles. The number of hydrogen-bond donors (Lipinski definition) is 1. The van der Waals surface area contributed by atoms with Crippen LogP contribution in [0.1, 0.15) is 29.7 Å². The van der Waals surface area contributed by atoms with E-state index in [-0.39, 0.29) is 23.4 Å². The Bertz CT molecular complexity index is 1260. The lowest BCUT2D eigenvalue weighted by atomic mass is 9.86. The lowest BCUT2D eigenvalue weighted by molar-refractivity contribution is 0.0668. The fraction of sp³-hybridized carbons (Fsp3) is 0.286. The standard InChI is InChI=1S/C28H26ClF2NO3/c1-17-23-8-5-21(33)13-26(23)35-28(27(17)20-4-9-25(31)24(29)12-20)19-2-6-22(7-3-19)34-11-10-32-15-18(14-30)16-32/h2-9,12-13,18,28,33H,10-11,14-16H2,1H3. The van der Waals surface area contributed by atoms with Crippen molar-refractivity contribution >= 4 is 22.7 Å². The van der Waals surface area contributed by atoms with Crippen molar-refractivity contribution in [3.63, 3.8) is 0 Å². The molecule has 1 fully saturated rings. The smallest absolute Gasteiger partial charge is 0.150 e. The number of ether oxygens (including phenoxy) is 2. The van der Waals surface area contributed by atoms with E-state index in [4.69, 9.17) is 21.1 Å². The van der Waals surface area contributed by atoms with Gasteiger partial charge in [0.05, 0.1) is 11.7 Å². The molecule has 5 rings (SSSR count). The molecule has 0 aliphatic carbocycles. The van der Waals surface area contributed by atoms with Gasteiger partial charge in [-0.1, -0.05) is 29.8 Å². The van der Waals surface area contributed by atoms with E-state index >= 15 is 0 Å². The Balaban J connectivity index is 1.40. The highest BCUT2D eigenvalue weighted by molar-refractivity contribution is 6.31. The van der Waals surface area contributed by atoms with Gasteiger partial charge < -0.3 is 14.6 Å². The maximum atomic E-state index is 13.9. The molecule has 2 heterocycles. The highest BCUT2D eigenvalue weighted by atomic mass is 35.5. The molecule has 1 unspecified atom stereocenters. The van der Waals surface area contributed by atoms with Gasteiger partial charge in [0, 0.05) is 42.8 Å². The molecule has 1 saturated heterocycles. The molecule has 0 spiro atoms. The van der Waals surface area contributed by atoms with E-state index in [1.54, 1.807) is 24.3 Å². The zero-order valence-corrected chi connectivity index (χ0v) is 20.1. The van der Waals surface area contributed by atoms with Gasteiger partial charge >= 0.3 is 0 Å². The summed E-state index contributed by atoms with van der Waals surface area (Å²) in [6.07, 6.45) is -0.487. The summed E-state index contributed by atoms with van der Waals surface area (Å²) < 4.78 is 38.7. The number of allylic oxidation sites excluding steroid dienone is 1. The molecule has 0 aromatic heterocycles. The van der Waals surface area contributed by atoms with E-state index in [0.717, 1.165) is 53.2 Å². The molecule has 2 aliphatic rings. The van der Waals surface area contributed by atoms with Gasteiger partial charge in [0.25, 0.3) is 0 Å². The molecule has 4 nitrogen and oxygen atoms in total. The van der Waals surface area contributed by atoms with Crippen LogP contribution in [0, 0.1) is 11.7 Å². The molecule has 3 aromatic carbocycles. The van der Waals surface area contributed by atoms with Crippen LogP contribution in [0.25, 0.3) is 11.1 Å². The maximum absolute atomic E-state index is 13.9. The molecule has 0 amide bonds. The number of fused-ring (bicyclic) bond motifs is 1. The molecule has 0 radical (unpaired) electrons. The number of rotatable bonds is 7. The minimum absolute atomic E-state index is 0.0434. The van der Waals surface area contributed by atoms with Crippen molar-refractivity contribution in [2.24, 2.45) is 5.92 Å². The number of phenolic OH excluding ortho intramolecular Hbond substituents is 1. The minimum atomic E-state index is -0.487. The van der Waals surface area contributed by atoms with Gasteiger partial charge in [-0.2, -0.15) is 0 Å². The number of nitrogens with zero attached hydrogens (tertiary/aromatic N) is 1. The van der Waals surface area contributed by atoms with Crippen LogP contribution in [0.15, 0.2) is 60.7 Å². The summed E-state index contributed by atoms with van der Waals surface area (Å²) in [6, 6.07) is 17.3. The highest BCUT2D eigenvalue weighted by Gasteiger charge is 2.30. The number of likely N-dealkylation sites (tertiary alicyclic amines) is 1. The third kappa shape index (κ3) is 4.86. The molecule has 7 heteroatoms. The lowest BCUT2D eigenvalue weighted by Gasteiger charge is -2.37. The molecule has 2 aliphatic heterocycles. The van der Waals surface area contributed by atoms with Crippen LogP contribution >= 0.6 is 11.6 Å². The van der Waals surface area contributed by atoms with Crippen molar-refractivity contribution in [3.8, 4) is 17.2 Å². The van der Waals surface area contributed by atoms with E-state index < -0.39 is 11.9 Å². The predicted octanol–water partition coefficient (Wildman–Crippen LogP) is 6.53. The number of benzene rings is 3. The van der Waals surface area contributed by atoms with Crippen molar-refractivity contribution < 1.29 is 23.4 Å². The van der Waals surface area contributed by atoms with Crippen LogP contribution in [0.4, 0.5) is 8.78 Å². The monoisotopic (exact) mass is 497 g/mol. The van der Waals surface area contributed by atoms with Gasteiger partial charge in [-0.05, 0) is 60.0 Å². The number of halogens is 3. The second kappa shape index (κ2) is 9.88. The Kier molecular flexibility index (Phi) is 6.67.